The maximum absolute atomic E-state index is 11.5. The van der Waals surface area contributed by atoms with Crippen LogP contribution in [0, 0.1) is 3.57 Å². The zero-order valence-electron chi connectivity index (χ0n) is 6.88. The van der Waals surface area contributed by atoms with Gasteiger partial charge in [-0.25, -0.2) is 4.98 Å². The Morgan fingerprint density at radius 1 is 1.57 bits per heavy atom. The molecule has 1 N–H and O–H groups in total. The van der Waals surface area contributed by atoms with Gasteiger partial charge in [0.05, 0.1) is 16.4 Å². The number of tetrazole rings is 1. The lowest BCUT2D eigenvalue weighted by Gasteiger charge is -2.00. The molecule has 2 heterocycles. The second-order valence-electron chi connectivity index (χ2n) is 2.50. The van der Waals surface area contributed by atoms with Crippen molar-refractivity contribution in [2.24, 2.45) is 0 Å². The van der Waals surface area contributed by atoms with E-state index in [1.54, 1.807) is 0 Å². The minimum atomic E-state index is -0.106. The molecule has 0 unspecified atom stereocenters. The van der Waals surface area contributed by atoms with Gasteiger partial charge in [0.1, 0.15) is 0 Å². The van der Waals surface area contributed by atoms with Crippen molar-refractivity contribution in [2.45, 2.75) is 6.54 Å². The summed E-state index contributed by atoms with van der Waals surface area (Å²) in [5, 5.41) is 13.2. The third-order valence-electron chi connectivity index (χ3n) is 1.56. The van der Waals surface area contributed by atoms with E-state index in [1.807, 2.05) is 22.6 Å². The monoisotopic (exact) mass is 304 g/mol. The first-order chi connectivity index (χ1) is 6.77. The molecule has 0 aromatic carbocycles. The third-order valence-corrected chi connectivity index (χ3v) is 2.30. The predicted octanol–water partition coefficient (Wildman–Crippen LogP) is -0.591. The van der Waals surface area contributed by atoms with E-state index in [1.165, 1.54) is 17.1 Å². The number of hydrogen-bond acceptors (Lipinski definition) is 5. The first kappa shape index (κ1) is 9.24. The van der Waals surface area contributed by atoms with E-state index in [0.717, 1.165) is 0 Å². The lowest BCUT2D eigenvalue weighted by molar-refractivity contribution is 0.694. The van der Waals surface area contributed by atoms with Crippen molar-refractivity contribution >= 4 is 22.6 Å². The van der Waals surface area contributed by atoms with Gasteiger partial charge in [-0.2, -0.15) is 5.21 Å². The average molecular weight is 304 g/mol. The van der Waals surface area contributed by atoms with Crippen LogP contribution in [0.4, 0.5) is 0 Å². The molecular formula is C6H5IN6O. The summed E-state index contributed by atoms with van der Waals surface area (Å²) in [4.78, 5) is 15.4. The van der Waals surface area contributed by atoms with E-state index in [2.05, 4.69) is 25.6 Å². The minimum Gasteiger partial charge on any atom is -0.290 e. The Hall–Kier alpha value is -1.32. The first-order valence-corrected chi connectivity index (χ1v) is 4.77. The number of aromatic nitrogens is 6. The van der Waals surface area contributed by atoms with Gasteiger partial charge in [-0.15, -0.1) is 10.2 Å². The Labute approximate surface area is 91.7 Å². The maximum Gasteiger partial charge on any atom is 0.267 e. The molecule has 7 nitrogen and oxygen atoms in total. The Balaban J connectivity index is 2.34. The molecule has 2 rings (SSSR count). The fourth-order valence-corrected chi connectivity index (χ4v) is 1.41. The lowest BCUT2D eigenvalue weighted by atomic mass is 10.5. The van der Waals surface area contributed by atoms with Crippen LogP contribution in [-0.4, -0.2) is 30.2 Å². The van der Waals surface area contributed by atoms with E-state index in [4.69, 9.17) is 0 Å². The Kier molecular flexibility index (Phi) is 2.52. The molecule has 2 aromatic heterocycles. The second kappa shape index (κ2) is 3.82. The quantitative estimate of drug-likeness (QED) is 0.749. The van der Waals surface area contributed by atoms with E-state index >= 15 is 0 Å². The van der Waals surface area contributed by atoms with Crippen molar-refractivity contribution in [1.29, 1.82) is 0 Å². The summed E-state index contributed by atoms with van der Waals surface area (Å²) in [6, 6.07) is 0. The van der Waals surface area contributed by atoms with E-state index in [9.17, 15) is 4.79 Å². The molecule has 0 radical (unpaired) electrons. The summed E-state index contributed by atoms with van der Waals surface area (Å²) in [5.74, 6) is 0.455. The fraction of sp³-hybridized carbons (Fsp3) is 0.167. The van der Waals surface area contributed by atoms with Gasteiger partial charge < -0.3 is 0 Å². The van der Waals surface area contributed by atoms with Crippen molar-refractivity contribution < 1.29 is 0 Å². The second-order valence-corrected chi connectivity index (χ2v) is 3.66. The third kappa shape index (κ3) is 1.78. The van der Waals surface area contributed by atoms with E-state index < -0.39 is 0 Å². The van der Waals surface area contributed by atoms with Crippen LogP contribution in [0.1, 0.15) is 5.82 Å². The van der Waals surface area contributed by atoms with Gasteiger partial charge in [0.15, 0.2) is 5.82 Å². The van der Waals surface area contributed by atoms with Gasteiger partial charge >= 0.3 is 0 Å². The zero-order chi connectivity index (χ0) is 9.97. The molecule has 2 aromatic rings. The highest BCUT2D eigenvalue weighted by Gasteiger charge is 2.04. The zero-order valence-corrected chi connectivity index (χ0v) is 9.04. The minimum absolute atomic E-state index is 0.106. The van der Waals surface area contributed by atoms with Crippen molar-refractivity contribution in [3.8, 4) is 0 Å². The van der Waals surface area contributed by atoms with Crippen LogP contribution in [-0.2, 0) is 6.54 Å². The number of rotatable bonds is 2. The highest BCUT2D eigenvalue weighted by Crippen LogP contribution is 1.94. The standard InChI is InChI=1S/C6H5IN6O/c7-4-1-8-3-13(6(4)14)2-5-9-11-12-10-5/h1,3H,2H2,(H,9,10,11,12). The molecule has 8 heteroatoms. The van der Waals surface area contributed by atoms with E-state index in [-0.39, 0.29) is 12.1 Å². The van der Waals surface area contributed by atoms with Crippen LogP contribution in [0.2, 0.25) is 0 Å². The molecule has 0 aliphatic heterocycles. The molecular weight excluding hydrogens is 299 g/mol. The van der Waals surface area contributed by atoms with Gasteiger partial charge in [-0.1, -0.05) is 5.21 Å². The number of hydrogen-bond donors (Lipinski definition) is 1. The summed E-state index contributed by atoms with van der Waals surface area (Å²) in [5.41, 5.74) is -0.106. The number of halogens is 1. The molecule has 0 saturated heterocycles. The van der Waals surface area contributed by atoms with Crippen LogP contribution in [0.25, 0.3) is 0 Å². The molecule has 14 heavy (non-hydrogen) atoms. The largest absolute Gasteiger partial charge is 0.290 e. The molecule has 72 valence electrons. The lowest BCUT2D eigenvalue weighted by Crippen LogP contribution is -2.23. The van der Waals surface area contributed by atoms with Crippen LogP contribution >= 0.6 is 22.6 Å². The van der Waals surface area contributed by atoms with Gasteiger partial charge in [-0.3, -0.25) is 9.36 Å². The molecule has 0 amide bonds. The summed E-state index contributed by atoms with van der Waals surface area (Å²) in [7, 11) is 0. The number of nitrogens with zero attached hydrogens (tertiary/aromatic N) is 5. The summed E-state index contributed by atoms with van der Waals surface area (Å²) < 4.78 is 1.99. The van der Waals surface area contributed by atoms with Crippen LogP contribution in [0.5, 0.6) is 0 Å². The highest BCUT2D eigenvalue weighted by molar-refractivity contribution is 14.1. The fourth-order valence-electron chi connectivity index (χ4n) is 0.939. The van der Waals surface area contributed by atoms with Crippen molar-refractivity contribution in [3.63, 3.8) is 0 Å². The normalized spacial score (nSPS) is 10.4. The molecule has 0 spiro atoms. The van der Waals surface area contributed by atoms with Gasteiger partial charge in [0, 0.05) is 6.20 Å². The summed E-state index contributed by atoms with van der Waals surface area (Å²) in [6.45, 7) is 0.277. The van der Waals surface area contributed by atoms with E-state index in [0.29, 0.717) is 9.39 Å². The van der Waals surface area contributed by atoms with Crippen LogP contribution < -0.4 is 5.56 Å². The SMILES string of the molecule is O=c1c(I)cncn1Cc1nn[nH]n1. The number of nitrogens with one attached hydrogen (secondary N) is 1. The summed E-state index contributed by atoms with van der Waals surface area (Å²) in [6.07, 6.45) is 2.95. The summed E-state index contributed by atoms with van der Waals surface area (Å²) >= 11 is 1.93. The van der Waals surface area contributed by atoms with Crippen molar-refractivity contribution in [1.82, 2.24) is 30.2 Å². The van der Waals surface area contributed by atoms with Crippen LogP contribution in [0.3, 0.4) is 0 Å². The predicted molar refractivity (Wildman–Crippen MR) is 54.5 cm³/mol. The average Bonchev–Trinajstić information content (AvgIpc) is 2.66. The molecule has 0 bridgehead atoms. The molecule has 0 aliphatic rings. The highest BCUT2D eigenvalue weighted by atomic mass is 127. The van der Waals surface area contributed by atoms with Gasteiger partial charge in [0.2, 0.25) is 0 Å². The Morgan fingerprint density at radius 2 is 2.43 bits per heavy atom. The molecule has 0 aliphatic carbocycles. The van der Waals surface area contributed by atoms with Crippen molar-refractivity contribution in [2.75, 3.05) is 0 Å². The topological polar surface area (TPSA) is 89.4 Å². The maximum atomic E-state index is 11.5. The molecule has 0 saturated carbocycles. The van der Waals surface area contributed by atoms with Crippen molar-refractivity contribution in [3.05, 3.63) is 32.3 Å². The number of aromatic amines is 1. The van der Waals surface area contributed by atoms with Gasteiger partial charge in [-0.05, 0) is 22.6 Å². The molecule has 0 atom stereocenters. The van der Waals surface area contributed by atoms with Gasteiger partial charge in [0.25, 0.3) is 5.56 Å². The number of H-pyrrole nitrogens is 1. The molecule has 0 fully saturated rings. The Bertz CT molecular complexity index is 477. The van der Waals surface area contributed by atoms with Crippen LogP contribution in [0.15, 0.2) is 17.3 Å². The smallest absolute Gasteiger partial charge is 0.267 e. The first-order valence-electron chi connectivity index (χ1n) is 3.69. The Morgan fingerprint density at radius 3 is 3.14 bits per heavy atom.